The van der Waals surface area contributed by atoms with Gasteiger partial charge < -0.3 is 18.6 Å². The van der Waals surface area contributed by atoms with Gasteiger partial charge in [-0.25, -0.2) is 0 Å². The summed E-state index contributed by atoms with van der Waals surface area (Å²) in [5.41, 5.74) is 2.46. The molecule has 6 heteroatoms. The fourth-order valence-electron chi connectivity index (χ4n) is 4.57. The number of hydrogen-bond donors (Lipinski definition) is 0. The highest BCUT2D eigenvalue weighted by molar-refractivity contribution is 6.55. The molecule has 0 amide bonds. The van der Waals surface area contributed by atoms with Crippen LogP contribution >= 0.6 is 0 Å². The van der Waals surface area contributed by atoms with Crippen LogP contribution in [0.4, 0.5) is 0 Å². The molecule has 0 aromatic rings. The summed E-state index contributed by atoms with van der Waals surface area (Å²) in [6.07, 6.45) is 9.14. The zero-order chi connectivity index (χ0) is 24.4. The van der Waals surface area contributed by atoms with E-state index in [1.807, 2.05) is 0 Å². The minimum absolute atomic E-state index is 0.133. The van der Waals surface area contributed by atoms with Crippen molar-refractivity contribution in [3.8, 4) is 0 Å². The topological polar surface area (TPSA) is 36.9 Å². The smallest absolute Gasteiger partial charge is 0.400 e. The largest absolute Gasteiger partial charge is 0.490 e. The van der Waals surface area contributed by atoms with Gasteiger partial charge >= 0.3 is 14.2 Å². The first-order valence-corrected chi connectivity index (χ1v) is 12.4. The van der Waals surface area contributed by atoms with Gasteiger partial charge in [0.05, 0.1) is 22.4 Å². The van der Waals surface area contributed by atoms with Crippen molar-refractivity contribution in [2.45, 2.75) is 131 Å². The van der Waals surface area contributed by atoms with Gasteiger partial charge in [0.25, 0.3) is 0 Å². The second-order valence-electron chi connectivity index (χ2n) is 13.7. The Hall–Kier alpha value is -0.550. The lowest BCUT2D eigenvalue weighted by molar-refractivity contribution is 0.00578. The van der Waals surface area contributed by atoms with Crippen LogP contribution in [0.15, 0.2) is 23.1 Å². The summed E-state index contributed by atoms with van der Waals surface area (Å²) < 4.78 is 24.2. The Labute approximate surface area is 198 Å². The molecule has 0 aromatic heterocycles. The van der Waals surface area contributed by atoms with Crippen LogP contribution in [0, 0.1) is 10.8 Å². The van der Waals surface area contributed by atoms with Crippen LogP contribution < -0.4 is 0 Å². The zero-order valence-electron chi connectivity index (χ0n) is 22.8. The molecular formula is C26H46B2O4. The van der Waals surface area contributed by atoms with Gasteiger partial charge in [0.1, 0.15) is 0 Å². The van der Waals surface area contributed by atoms with Gasteiger partial charge in [0.2, 0.25) is 0 Å². The maximum absolute atomic E-state index is 6.05. The van der Waals surface area contributed by atoms with E-state index >= 15 is 0 Å². The minimum atomic E-state index is -0.217. The molecule has 0 spiro atoms. The van der Waals surface area contributed by atoms with Crippen LogP contribution in [0.3, 0.4) is 0 Å². The molecule has 2 aliphatic carbocycles. The third-order valence-corrected chi connectivity index (χ3v) is 8.35. The van der Waals surface area contributed by atoms with E-state index in [9.17, 15) is 0 Å². The molecule has 0 unspecified atom stereocenters. The van der Waals surface area contributed by atoms with E-state index in [0.29, 0.717) is 10.8 Å². The number of rotatable bonds is 2. The highest BCUT2D eigenvalue weighted by atomic mass is 16.7. The van der Waals surface area contributed by atoms with Gasteiger partial charge in [-0.2, -0.15) is 0 Å². The Kier molecular flexibility index (Phi) is 6.52. The summed E-state index contributed by atoms with van der Waals surface area (Å²) in [4.78, 5) is 0. The Morgan fingerprint density at radius 3 is 1.34 bits per heavy atom. The van der Waals surface area contributed by atoms with Crippen LogP contribution in [0.25, 0.3) is 0 Å². The lowest BCUT2D eigenvalue weighted by atomic mass is 9.74. The van der Waals surface area contributed by atoms with E-state index in [4.69, 9.17) is 18.6 Å². The quantitative estimate of drug-likeness (QED) is 0.443. The summed E-state index contributed by atoms with van der Waals surface area (Å²) in [6, 6.07) is 0. The second-order valence-corrected chi connectivity index (χ2v) is 13.7. The van der Waals surface area contributed by atoms with Crippen molar-refractivity contribution < 1.29 is 18.6 Å². The predicted octanol–water partition coefficient (Wildman–Crippen LogP) is 6.73. The van der Waals surface area contributed by atoms with Gasteiger partial charge in [-0.3, -0.25) is 0 Å². The van der Waals surface area contributed by atoms with Crippen LogP contribution in [0.2, 0.25) is 0 Å². The summed E-state index contributed by atoms with van der Waals surface area (Å²) in [6.45, 7) is 26.0. The summed E-state index contributed by atoms with van der Waals surface area (Å²) in [5, 5.41) is 0. The van der Waals surface area contributed by atoms with Gasteiger partial charge in [-0.05, 0) is 103 Å². The van der Waals surface area contributed by atoms with Crippen LogP contribution in [-0.4, -0.2) is 36.6 Å². The second kappa shape index (κ2) is 8.00. The van der Waals surface area contributed by atoms with Gasteiger partial charge in [-0.1, -0.05) is 39.8 Å². The SMILES string of the molecule is CC1(C)C=C(B2OC(C)(C)C(C)(C)O2)CC1.CC1(C)CC=C(B2OC(C)(C)C(C)(C)O2)C1. The molecule has 4 nitrogen and oxygen atoms in total. The standard InChI is InChI=1S/2C13H23BO2/c2*1-11(2)8-7-10(9-11)14-15-12(3,4)13(5,6)16-14/h9H,7-8H2,1-6H3;7H,8-9H2,1-6H3. The van der Waals surface area contributed by atoms with Crippen molar-refractivity contribution in [2.24, 2.45) is 10.8 Å². The molecule has 180 valence electrons. The average Bonchev–Trinajstić information content (AvgIpc) is 3.25. The molecule has 2 saturated heterocycles. The maximum atomic E-state index is 6.05. The number of hydrogen-bond acceptors (Lipinski definition) is 4. The Morgan fingerprint density at radius 1 is 0.625 bits per heavy atom. The molecule has 4 aliphatic rings. The van der Waals surface area contributed by atoms with Crippen molar-refractivity contribution >= 4 is 14.2 Å². The predicted molar refractivity (Wildman–Crippen MR) is 134 cm³/mol. The molecule has 2 aliphatic heterocycles. The van der Waals surface area contributed by atoms with Crippen LogP contribution in [-0.2, 0) is 18.6 Å². The fraction of sp³-hybridized carbons (Fsp3) is 0.846. The molecule has 0 saturated carbocycles. The Morgan fingerprint density at radius 2 is 1.03 bits per heavy atom. The van der Waals surface area contributed by atoms with Gasteiger partial charge in [0.15, 0.2) is 0 Å². The van der Waals surface area contributed by atoms with Crippen molar-refractivity contribution in [1.82, 2.24) is 0 Å². The minimum Gasteiger partial charge on any atom is -0.400 e. The van der Waals surface area contributed by atoms with Crippen LogP contribution in [0.1, 0.15) is 109 Å². The van der Waals surface area contributed by atoms with E-state index in [1.165, 1.54) is 17.4 Å². The Bertz CT molecular complexity index is 758. The van der Waals surface area contributed by atoms with E-state index in [0.717, 1.165) is 19.3 Å². The summed E-state index contributed by atoms with van der Waals surface area (Å²) in [7, 11) is -0.265. The molecular weight excluding hydrogens is 398 g/mol. The van der Waals surface area contributed by atoms with E-state index < -0.39 is 0 Å². The van der Waals surface area contributed by atoms with Crippen molar-refractivity contribution in [2.75, 3.05) is 0 Å². The molecule has 0 radical (unpaired) electrons. The number of allylic oxidation sites excluding steroid dienone is 4. The van der Waals surface area contributed by atoms with Gasteiger partial charge in [0, 0.05) is 0 Å². The first kappa shape index (κ1) is 26.1. The van der Waals surface area contributed by atoms with E-state index in [1.54, 1.807) is 0 Å². The lowest BCUT2D eigenvalue weighted by Gasteiger charge is -2.32. The average molecular weight is 444 g/mol. The third kappa shape index (κ3) is 5.24. The van der Waals surface area contributed by atoms with Crippen molar-refractivity contribution in [1.29, 1.82) is 0 Å². The lowest BCUT2D eigenvalue weighted by Crippen LogP contribution is -2.41. The normalized spacial score (nSPS) is 30.6. The third-order valence-electron chi connectivity index (χ3n) is 8.35. The van der Waals surface area contributed by atoms with Crippen molar-refractivity contribution in [3.63, 3.8) is 0 Å². The summed E-state index contributed by atoms with van der Waals surface area (Å²) >= 11 is 0. The first-order chi connectivity index (χ1) is 14.3. The summed E-state index contributed by atoms with van der Waals surface area (Å²) in [5.74, 6) is 0. The molecule has 0 N–H and O–H groups in total. The first-order valence-electron chi connectivity index (χ1n) is 12.4. The molecule has 0 aromatic carbocycles. The zero-order valence-corrected chi connectivity index (χ0v) is 22.8. The van der Waals surface area contributed by atoms with Crippen molar-refractivity contribution in [3.05, 3.63) is 23.1 Å². The molecule has 0 bridgehead atoms. The molecule has 2 heterocycles. The highest BCUT2D eigenvalue weighted by Gasteiger charge is 2.54. The monoisotopic (exact) mass is 444 g/mol. The highest BCUT2D eigenvalue weighted by Crippen LogP contribution is 2.45. The Balaban J connectivity index is 0.000000181. The van der Waals surface area contributed by atoms with Gasteiger partial charge in [-0.15, -0.1) is 0 Å². The fourth-order valence-corrected chi connectivity index (χ4v) is 4.57. The van der Waals surface area contributed by atoms with E-state index in [-0.39, 0.29) is 36.6 Å². The maximum Gasteiger partial charge on any atom is 0.490 e. The molecule has 0 atom stereocenters. The molecule has 32 heavy (non-hydrogen) atoms. The molecule has 2 fully saturated rings. The van der Waals surface area contributed by atoms with Crippen LogP contribution in [0.5, 0.6) is 0 Å². The molecule has 4 rings (SSSR count). The van der Waals surface area contributed by atoms with E-state index in [2.05, 4.69) is 95.2 Å².